The van der Waals surface area contributed by atoms with Crippen LogP contribution in [0.3, 0.4) is 0 Å². The number of carbonyl (C=O) groups is 2. The maximum absolute atomic E-state index is 15.6. The number of aromatic amines is 1. The van der Waals surface area contributed by atoms with Gasteiger partial charge in [-0.2, -0.15) is 8.78 Å². The highest BCUT2D eigenvalue weighted by atomic mass is 35.5. The zero-order chi connectivity index (χ0) is 32.4. The number of halogens is 6. The normalized spacial score (nSPS) is 16.9. The smallest absolute Gasteiger partial charge is 0.362 e. The molecule has 6 rings (SSSR count). The van der Waals surface area contributed by atoms with E-state index in [0.29, 0.717) is 30.3 Å². The van der Waals surface area contributed by atoms with Crippen molar-refractivity contribution in [2.24, 2.45) is 0 Å². The highest BCUT2D eigenvalue weighted by Crippen LogP contribution is 2.44. The number of pyridine rings is 1. The van der Waals surface area contributed by atoms with Crippen LogP contribution in [0.15, 0.2) is 38.9 Å². The number of fused-ring (bicyclic) bond motifs is 1. The van der Waals surface area contributed by atoms with Crippen LogP contribution in [0.2, 0.25) is 10.0 Å². The molecule has 1 aromatic heterocycles. The van der Waals surface area contributed by atoms with E-state index in [1.807, 2.05) is 4.98 Å². The number of amides is 3. The second-order valence-electron chi connectivity index (χ2n) is 10.9. The molecule has 1 saturated heterocycles. The van der Waals surface area contributed by atoms with E-state index in [9.17, 15) is 33.4 Å². The lowest BCUT2D eigenvalue weighted by Crippen LogP contribution is -2.50. The molecule has 0 unspecified atom stereocenters. The van der Waals surface area contributed by atoms with Gasteiger partial charge in [0.25, 0.3) is 11.5 Å². The molecule has 0 radical (unpaired) electrons. The topological polar surface area (TPSA) is 117 Å². The molecule has 2 aromatic carbocycles. The van der Waals surface area contributed by atoms with Gasteiger partial charge in [-0.25, -0.2) is 9.18 Å². The molecule has 2 aliphatic heterocycles. The van der Waals surface area contributed by atoms with Gasteiger partial charge in [-0.1, -0.05) is 41.0 Å². The first kappa shape index (κ1) is 31.9. The quantitative estimate of drug-likeness (QED) is 0.245. The number of alkyl halides is 3. The third-order valence-corrected chi connectivity index (χ3v) is 10.3. The Balaban J connectivity index is 1.36. The number of hydrogen-bond donors (Lipinski definition) is 3. The number of nitrogens with zero attached hydrogens (tertiary/aromatic N) is 3. The predicted molar refractivity (Wildman–Crippen MR) is 162 cm³/mol. The third-order valence-electron chi connectivity index (χ3n) is 7.97. The number of aromatic hydroxyl groups is 1. The average molecular weight is 704 g/mol. The molecule has 0 spiro atoms. The second kappa shape index (κ2) is 11.9. The van der Waals surface area contributed by atoms with E-state index in [2.05, 4.69) is 0 Å². The Kier molecular flexibility index (Phi) is 8.44. The zero-order valence-electron chi connectivity index (χ0n) is 23.2. The van der Waals surface area contributed by atoms with Gasteiger partial charge in [0.15, 0.2) is 11.6 Å². The molecule has 1 saturated carbocycles. The van der Waals surface area contributed by atoms with Crippen LogP contribution in [-0.4, -0.2) is 56.1 Å². The third kappa shape index (κ3) is 5.85. The van der Waals surface area contributed by atoms with Crippen molar-refractivity contribution in [1.82, 2.24) is 14.8 Å². The molecule has 3 amide bonds. The monoisotopic (exact) mass is 702 g/mol. The Hall–Kier alpha value is -3.10. The molecule has 3 heterocycles. The van der Waals surface area contributed by atoms with Crippen molar-refractivity contribution in [3.8, 4) is 5.75 Å². The number of hydrogen-bond acceptors (Lipinski definition) is 6. The maximum Gasteiger partial charge on any atom is 0.362 e. The van der Waals surface area contributed by atoms with E-state index in [-0.39, 0.29) is 68.4 Å². The summed E-state index contributed by atoms with van der Waals surface area (Å²) in [4.78, 5) is 46.1. The largest absolute Gasteiger partial charge is 0.503 e. The van der Waals surface area contributed by atoms with Crippen LogP contribution in [0.1, 0.15) is 52.0 Å². The molecule has 2 fully saturated rings. The van der Waals surface area contributed by atoms with Gasteiger partial charge in [-0.3, -0.25) is 14.5 Å². The highest BCUT2D eigenvalue weighted by Gasteiger charge is 2.40. The molecule has 0 atom stereocenters. The predicted octanol–water partition coefficient (Wildman–Crippen LogP) is 6.41. The first-order valence-electron chi connectivity index (χ1n) is 13.8. The highest BCUT2D eigenvalue weighted by molar-refractivity contribution is 7.99. The Labute approximate surface area is 273 Å². The number of phenolic OH excluding ortho intramolecular Hbond substituents is 1. The lowest BCUT2D eigenvalue weighted by molar-refractivity contribution is 0.0739. The van der Waals surface area contributed by atoms with Crippen LogP contribution in [0.5, 0.6) is 5.75 Å². The van der Waals surface area contributed by atoms with Crippen molar-refractivity contribution in [3.63, 3.8) is 0 Å². The lowest BCUT2D eigenvalue weighted by Gasteiger charge is -2.36. The molecule has 45 heavy (non-hydrogen) atoms. The first-order valence-corrected chi connectivity index (χ1v) is 15.8. The average Bonchev–Trinajstić information content (AvgIpc) is 3.74. The van der Waals surface area contributed by atoms with Crippen LogP contribution in [0, 0.1) is 5.82 Å². The van der Waals surface area contributed by atoms with Crippen molar-refractivity contribution in [2.75, 3.05) is 18.0 Å². The molecule has 238 valence electrons. The zero-order valence-corrected chi connectivity index (χ0v) is 26.3. The van der Waals surface area contributed by atoms with Gasteiger partial charge in [0, 0.05) is 47.6 Å². The number of H-pyrrole nitrogens is 1. The molecule has 3 N–H and O–H groups in total. The standard InChI is InChI=1S/C29H24Cl3F3N4O5S/c30-17-5-2-13(12-40)22(31)25(17)45-19-9-20(29(32,34)35)36-26(42)21(19)27(43)37-10-14-8-18(24(41)23(33)16(14)11-37)39-7-1-6-38(28(39)44)15-3-4-15/h2,5,8-9,15,40-41H,1,3-4,6-7,10-12H2,(H,36,42). The van der Waals surface area contributed by atoms with E-state index in [0.717, 1.165) is 23.8 Å². The van der Waals surface area contributed by atoms with Gasteiger partial charge in [-0.05, 0) is 60.2 Å². The molecule has 1 aliphatic carbocycles. The van der Waals surface area contributed by atoms with Crippen molar-refractivity contribution in [2.45, 2.75) is 60.2 Å². The van der Waals surface area contributed by atoms with E-state index in [4.69, 9.17) is 34.8 Å². The lowest BCUT2D eigenvalue weighted by atomic mass is 10.1. The second-order valence-corrected chi connectivity index (χ2v) is 13.2. The van der Waals surface area contributed by atoms with Crippen molar-refractivity contribution >= 4 is 64.2 Å². The van der Waals surface area contributed by atoms with Crippen LogP contribution < -0.4 is 10.5 Å². The Morgan fingerprint density at radius 1 is 1.13 bits per heavy atom. The molecule has 0 bridgehead atoms. The van der Waals surface area contributed by atoms with Crippen LogP contribution in [0.4, 0.5) is 23.7 Å². The van der Waals surface area contributed by atoms with E-state index in [1.54, 1.807) is 4.90 Å². The SMILES string of the molecule is O=C(c1c(Sc2c(Cl)ccc(CO)c2Cl)cc(C(F)(F)Cl)[nH]c1=O)N1Cc2cc(N3CCCN(C4CC4)C3=O)c(O)c(F)c2C1. The number of phenols is 1. The summed E-state index contributed by atoms with van der Waals surface area (Å²) in [6, 6.07) is 4.93. The minimum absolute atomic E-state index is 0.00983. The van der Waals surface area contributed by atoms with Crippen LogP contribution >= 0.6 is 46.6 Å². The fraction of sp³-hybridized carbons (Fsp3) is 0.345. The van der Waals surface area contributed by atoms with Gasteiger partial charge < -0.3 is 25.0 Å². The number of aliphatic hydroxyl groups is 1. The van der Waals surface area contributed by atoms with Gasteiger partial charge in [0.1, 0.15) is 11.3 Å². The number of urea groups is 1. The molecular weight excluding hydrogens is 680 g/mol. The van der Waals surface area contributed by atoms with E-state index >= 15 is 4.39 Å². The number of anilines is 1. The molecule has 3 aliphatic rings. The van der Waals surface area contributed by atoms with Gasteiger partial charge in [-0.15, -0.1) is 0 Å². The van der Waals surface area contributed by atoms with Crippen LogP contribution in [0.25, 0.3) is 0 Å². The summed E-state index contributed by atoms with van der Waals surface area (Å²) in [7, 11) is 0. The van der Waals surface area contributed by atoms with Gasteiger partial charge >= 0.3 is 11.4 Å². The minimum Gasteiger partial charge on any atom is -0.503 e. The summed E-state index contributed by atoms with van der Waals surface area (Å²) in [6.45, 7) is -0.184. The number of rotatable bonds is 7. The molecule has 16 heteroatoms. The summed E-state index contributed by atoms with van der Waals surface area (Å²) in [5, 5.41) is 16.5. The Morgan fingerprint density at radius 3 is 2.53 bits per heavy atom. The molecular formula is C29H24Cl3F3N4O5S. The minimum atomic E-state index is -4.00. The maximum atomic E-state index is 15.6. The number of nitrogens with one attached hydrogen (secondary N) is 1. The number of aromatic nitrogens is 1. The van der Waals surface area contributed by atoms with Crippen molar-refractivity contribution in [1.29, 1.82) is 0 Å². The fourth-order valence-corrected chi connectivity index (χ4v) is 7.38. The summed E-state index contributed by atoms with van der Waals surface area (Å²) < 4.78 is 43.8. The summed E-state index contributed by atoms with van der Waals surface area (Å²) in [6.07, 6.45) is 2.39. The summed E-state index contributed by atoms with van der Waals surface area (Å²) >= 11 is 18.5. The fourth-order valence-electron chi connectivity index (χ4n) is 5.55. The number of carbonyl (C=O) groups excluding carboxylic acids is 2. The van der Waals surface area contributed by atoms with Crippen molar-refractivity contribution < 1.29 is 33.0 Å². The first-order chi connectivity index (χ1) is 21.3. The van der Waals surface area contributed by atoms with Crippen LogP contribution in [-0.2, 0) is 25.1 Å². The Morgan fingerprint density at radius 2 is 1.87 bits per heavy atom. The summed E-state index contributed by atoms with van der Waals surface area (Å²) in [5.74, 6) is -2.67. The molecule has 9 nitrogen and oxygen atoms in total. The number of benzene rings is 2. The van der Waals surface area contributed by atoms with E-state index < -0.39 is 46.3 Å². The van der Waals surface area contributed by atoms with Gasteiger partial charge in [0.05, 0.1) is 22.3 Å². The number of aliphatic hydroxyl groups excluding tert-OH is 1. The van der Waals surface area contributed by atoms with Crippen molar-refractivity contribution in [3.05, 3.63) is 78.4 Å². The van der Waals surface area contributed by atoms with Gasteiger partial charge in [0.2, 0.25) is 0 Å². The van der Waals surface area contributed by atoms with E-state index in [1.165, 1.54) is 23.1 Å². The Bertz CT molecular complexity index is 1800. The summed E-state index contributed by atoms with van der Waals surface area (Å²) in [5.41, 5.74) is -2.20. The molecule has 3 aromatic rings.